The van der Waals surface area contributed by atoms with E-state index in [1.54, 1.807) is 26.2 Å². The number of guanidine groups is 1. The number of hydrogen-bond donors (Lipinski definition) is 1. The van der Waals surface area contributed by atoms with Crippen LogP contribution in [0.1, 0.15) is 18.5 Å². The van der Waals surface area contributed by atoms with Crippen LogP contribution in [0.3, 0.4) is 0 Å². The molecule has 174 valence electrons. The number of halogens is 1. The van der Waals surface area contributed by atoms with Gasteiger partial charge in [0.15, 0.2) is 5.92 Å². The molecule has 1 N–H and O–H groups in total. The van der Waals surface area contributed by atoms with Crippen molar-refractivity contribution in [2.45, 2.75) is 13.0 Å². The maximum Gasteiger partial charge on any atom is 0.321 e. The van der Waals surface area contributed by atoms with Gasteiger partial charge in [0.1, 0.15) is 11.8 Å². The third-order valence-corrected chi connectivity index (χ3v) is 6.12. The van der Waals surface area contributed by atoms with Gasteiger partial charge in [-0.15, -0.1) is 0 Å². The molecule has 2 atom stereocenters. The summed E-state index contributed by atoms with van der Waals surface area (Å²) in [6, 6.07) is 14.3. The lowest BCUT2D eigenvalue weighted by atomic mass is 9.91. The maximum absolute atomic E-state index is 13.0. The first-order chi connectivity index (χ1) is 16.0. The molecule has 0 saturated carbocycles. The number of hydrogen-bond acceptors (Lipinski definition) is 7. The number of carbonyl (C=O) groups excluding carboxylic acids is 2. The largest absolute Gasteiger partial charge is 0.497 e. The van der Waals surface area contributed by atoms with Gasteiger partial charge >= 0.3 is 5.97 Å². The van der Waals surface area contributed by atoms with Crippen molar-refractivity contribution in [3.8, 4) is 5.75 Å². The summed E-state index contributed by atoms with van der Waals surface area (Å²) >= 11 is 6.00. The number of anilines is 1. The van der Waals surface area contributed by atoms with Gasteiger partial charge in [0.05, 0.1) is 13.7 Å². The van der Waals surface area contributed by atoms with E-state index in [-0.39, 0.29) is 6.61 Å². The molecule has 9 heteroatoms. The average Bonchev–Trinajstić information content (AvgIpc) is 2.84. The lowest BCUT2D eigenvalue weighted by Crippen LogP contribution is -2.57. The van der Waals surface area contributed by atoms with E-state index in [1.807, 2.05) is 41.3 Å². The van der Waals surface area contributed by atoms with Crippen molar-refractivity contribution < 1.29 is 19.1 Å². The number of aliphatic imine (C=N–C) groups is 1. The number of piperazine rings is 1. The SMILES string of the molecule is CCOC(=O)[C@H]1C(=O)NC(N2CCN(c3ccc(Cl)cc3)CC2)=N[C@@H]1c1ccc(OC)cc1. The minimum Gasteiger partial charge on any atom is -0.497 e. The summed E-state index contributed by atoms with van der Waals surface area (Å²) in [5, 5.41) is 3.54. The van der Waals surface area contributed by atoms with Gasteiger partial charge < -0.3 is 19.3 Å². The van der Waals surface area contributed by atoms with Gasteiger partial charge in [0, 0.05) is 36.9 Å². The van der Waals surface area contributed by atoms with Gasteiger partial charge in [0.2, 0.25) is 11.9 Å². The molecule has 0 spiro atoms. The summed E-state index contributed by atoms with van der Waals surface area (Å²) in [5.74, 6) is -0.852. The van der Waals surface area contributed by atoms with Crippen LogP contribution in [0.25, 0.3) is 0 Å². The molecule has 8 nitrogen and oxygen atoms in total. The second kappa shape index (κ2) is 10.1. The topological polar surface area (TPSA) is 83.5 Å². The fourth-order valence-electron chi connectivity index (χ4n) is 4.09. The molecule has 2 heterocycles. The van der Waals surface area contributed by atoms with E-state index in [0.717, 1.165) is 24.3 Å². The molecule has 4 rings (SSSR count). The first-order valence-corrected chi connectivity index (χ1v) is 11.3. The highest BCUT2D eigenvalue weighted by atomic mass is 35.5. The Labute approximate surface area is 198 Å². The number of carbonyl (C=O) groups is 2. The van der Waals surface area contributed by atoms with Crippen LogP contribution in [-0.2, 0) is 14.3 Å². The van der Waals surface area contributed by atoms with E-state index in [0.29, 0.717) is 29.8 Å². The fraction of sp³-hybridized carbons (Fsp3) is 0.375. The molecule has 0 aliphatic carbocycles. The lowest BCUT2D eigenvalue weighted by Gasteiger charge is -2.39. The molecule has 0 radical (unpaired) electrons. The normalized spacial score (nSPS) is 20.7. The van der Waals surface area contributed by atoms with E-state index in [1.165, 1.54) is 0 Å². The van der Waals surface area contributed by atoms with Gasteiger partial charge in [-0.05, 0) is 48.9 Å². The van der Waals surface area contributed by atoms with Crippen LogP contribution in [0.2, 0.25) is 5.02 Å². The van der Waals surface area contributed by atoms with E-state index in [4.69, 9.17) is 26.1 Å². The predicted octanol–water partition coefficient (Wildman–Crippen LogP) is 2.88. The Bertz CT molecular complexity index is 1020. The molecule has 2 aromatic carbocycles. The smallest absolute Gasteiger partial charge is 0.321 e. The Kier molecular flexibility index (Phi) is 7.03. The van der Waals surface area contributed by atoms with Gasteiger partial charge in [-0.2, -0.15) is 0 Å². The number of benzene rings is 2. The van der Waals surface area contributed by atoms with Crippen molar-refractivity contribution in [3.05, 3.63) is 59.1 Å². The summed E-state index contributed by atoms with van der Waals surface area (Å²) in [6.07, 6.45) is 0. The second-order valence-corrected chi connectivity index (χ2v) is 8.28. The zero-order valence-corrected chi connectivity index (χ0v) is 19.4. The number of methoxy groups -OCH3 is 1. The van der Waals surface area contributed by atoms with E-state index >= 15 is 0 Å². The number of rotatable bonds is 5. The minimum absolute atomic E-state index is 0.196. The Hall–Kier alpha value is -3.26. The van der Waals surface area contributed by atoms with Crippen LogP contribution >= 0.6 is 11.6 Å². The highest BCUT2D eigenvalue weighted by Gasteiger charge is 2.42. The lowest BCUT2D eigenvalue weighted by molar-refractivity contribution is -0.153. The Morgan fingerprint density at radius 2 is 1.70 bits per heavy atom. The van der Waals surface area contributed by atoms with Gasteiger partial charge in [0.25, 0.3) is 0 Å². The van der Waals surface area contributed by atoms with Crippen molar-refractivity contribution in [1.82, 2.24) is 10.2 Å². The molecule has 2 aliphatic rings. The summed E-state index contributed by atoms with van der Waals surface area (Å²) in [5.41, 5.74) is 1.85. The highest BCUT2D eigenvalue weighted by Crippen LogP contribution is 2.32. The Morgan fingerprint density at radius 1 is 1.06 bits per heavy atom. The van der Waals surface area contributed by atoms with E-state index < -0.39 is 23.8 Å². The molecule has 0 unspecified atom stereocenters. The van der Waals surface area contributed by atoms with Crippen LogP contribution in [0.5, 0.6) is 5.75 Å². The number of esters is 1. The molecule has 1 fully saturated rings. The molecule has 33 heavy (non-hydrogen) atoms. The average molecular weight is 471 g/mol. The molecule has 0 bridgehead atoms. The van der Waals surface area contributed by atoms with E-state index in [2.05, 4.69) is 10.2 Å². The summed E-state index contributed by atoms with van der Waals surface area (Å²) in [4.78, 5) is 34.8. The van der Waals surface area contributed by atoms with Crippen LogP contribution < -0.4 is 15.0 Å². The maximum atomic E-state index is 13.0. The molecule has 2 aliphatic heterocycles. The third kappa shape index (κ3) is 5.06. The van der Waals surface area contributed by atoms with Crippen LogP contribution in [0.15, 0.2) is 53.5 Å². The quantitative estimate of drug-likeness (QED) is 0.534. The molecule has 2 aromatic rings. The van der Waals surface area contributed by atoms with Gasteiger partial charge in [-0.1, -0.05) is 23.7 Å². The number of amides is 1. The highest BCUT2D eigenvalue weighted by molar-refractivity contribution is 6.30. The predicted molar refractivity (Wildman–Crippen MR) is 127 cm³/mol. The standard InChI is InChI=1S/C24H27ClN4O4/c1-3-33-23(31)20-21(16-4-10-19(32-2)11-5-16)26-24(27-22(20)30)29-14-12-28(13-15-29)18-8-6-17(25)7-9-18/h4-11,20-21H,3,12-15H2,1-2H3,(H,26,27,30)/t20-,21-/m1/s1. The number of nitrogens with one attached hydrogen (secondary N) is 1. The van der Waals surface area contributed by atoms with Gasteiger partial charge in [-0.3, -0.25) is 14.9 Å². The first-order valence-electron chi connectivity index (χ1n) is 10.9. The van der Waals surface area contributed by atoms with E-state index in [9.17, 15) is 9.59 Å². The molecule has 1 amide bonds. The summed E-state index contributed by atoms with van der Waals surface area (Å²) in [6.45, 7) is 4.81. The Balaban J connectivity index is 1.55. The van der Waals surface area contributed by atoms with Crippen molar-refractivity contribution in [3.63, 3.8) is 0 Å². The van der Waals surface area contributed by atoms with Crippen LogP contribution in [0, 0.1) is 5.92 Å². The second-order valence-electron chi connectivity index (χ2n) is 7.84. The fourth-order valence-corrected chi connectivity index (χ4v) is 4.22. The van der Waals surface area contributed by atoms with Crippen molar-refractivity contribution in [2.24, 2.45) is 10.9 Å². The monoisotopic (exact) mass is 470 g/mol. The molecular weight excluding hydrogens is 444 g/mol. The number of ether oxygens (including phenoxy) is 2. The van der Waals surface area contributed by atoms with Crippen LogP contribution in [-0.4, -0.2) is 62.6 Å². The van der Waals surface area contributed by atoms with Crippen molar-refractivity contribution in [1.29, 1.82) is 0 Å². The molecule has 0 aromatic heterocycles. The van der Waals surface area contributed by atoms with Gasteiger partial charge in [-0.25, -0.2) is 4.99 Å². The van der Waals surface area contributed by atoms with Crippen molar-refractivity contribution >= 4 is 35.1 Å². The molecular formula is C24H27ClN4O4. The Morgan fingerprint density at radius 3 is 2.30 bits per heavy atom. The number of nitrogens with zero attached hydrogens (tertiary/aromatic N) is 3. The zero-order valence-electron chi connectivity index (χ0n) is 18.7. The summed E-state index contributed by atoms with van der Waals surface area (Å²) < 4.78 is 10.4. The third-order valence-electron chi connectivity index (χ3n) is 5.86. The molecule has 1 saturated heterocycles. The zero-order chi connectivity index (χ0) is 23.4. The first kappa shape index (κ1) is 22.9. The summed E-state index contributed by atoms with van der Waals surface area (Å²) in [7, 11) is 1.59. The van der Waals surface area contributed by atoms with Crippen LogP contribution in [0.4, 0.5) is 5.69 Å². The minimum atomic E-state index is -1.04. The van der Waals surface area contributed by atoms with Crippen molar-refractivity contribution in [2.75, 3.05) is 44.8 Å².